The van der Waals surface area contributed by atoms with Crippen molar-refractivity contribution in [3.05, 3.63) is 53.7 Å². The first-order chi connectivity index (χ1) is 12.7. The third-order valence-corrected chi connectivity index (χ3v) is 5.59. The molecule has 3 nitrogen and oxygen atoms in total. The van der Waals surface area contributed by atoms with E-state index in [4.69, 9.17) is 0 Å². The zero-order chi connectivity index (χ0) is 18.4. The number of rotatable bonds is 6. The molecule has 1 heterocycles. The number of nitrogens with zero attached hydrogens (tertiary/aromatic N) is 1. The second kappa shape index (κ2) is 8.98. The van der Waals surface area contributed by atoms with E-state index in [9.17, 15) is 4.79 Å². The zero-order valence-electron chi connectivity index (χ0n) is 16.0. The van der Waals surface area contributed by atoms with Crippen molar-refractivity contribution in [3.63, 3.8) is 0 Å². The summed E-state index contributed by atoms with van der Waals surface area (Å²) >= 11 is 0. The van der Waals surface area contributed by atoms with E-state index in [1.807, 2.05) is 18.3 Å². The molecule has 1 aliphatic rings. The second-order valence-electron chi connectivity index (χ2n) is 7.53. The zero-order valence-corrected chi connectivity index (χ0v) is 16.0. The van der Waals surface area contributed by atoms with E-state index in [1.54, 1.807) is 0 Å². The van der Waals surface area contributed by atoms with Crippen molar-refractivity contribution in [2.24, 2.45) is 5.92 Å². The van der Waals surface area contributed by atoms with Crippen LogP contribution in [-0.2, 0) is 17.6 Å². The van der Waals surface area contributed by atoms with Crippen molar-refractivity contribution < 1.29 is 4.79 Å². The largest absolute Gasteiger partial charge is 0.353 e. The van der Waals surface area contributed by atoms with Gasteiger partial charge >= 0.3 is 0 Å². The van der Waals surface area contributed by atoms with Crippen LogP contribution in [0.3, 0.4) is 0 Å². The first-order valence-electron chi connectivity index (χ1n) is 9.99. The Morgan fingerprint density at radius 2 is 1.77 bits per heavy atom. The van der Waals surface area contributed by atoms with Crippen molar-refractivity contribution in [1.82, 2.24) is 10.3 Å². The maximum Gasteiger partial charge on any atom is 0.224 e. The van der Waals surface area contributed by atoms with E-state index >= 15 is 0 Å². The second-order valence-corrected chi connectivity index (χ2v) is 7.53. The lowest BCUT2D eigenvalue weighted by Crippen LogP contribution is -2.39. The molecule has 0 spiro atoms. The molecule has 0 saturated heterocycles. The lowest BCUT2D eigenvalue weighted by molar-refractivity contribution is -0.121. The number of amides is 1. The molecule has 0 radical (unpaired) electrons. The number of carbonyl (C=O) groups is 1. The number of aryl methyl sites for hydroxylation is 1. The van der Waals surface area contributed by atoms with Gasteiger partial charge in [-0.25, -0.2) is 0 Å². The van der Waals surface area contributed by atoms with E-state index in [1.165, 1.54) is 37.7 Å². The average molecular weight is 351 g/mol. The van der Waals surface area contributed by atoms with Crippen molar-refractivity contribution in [3.8, 4) is 11.3 Å². The molecule has 3 heteroatoms. The molecule has 0 unspecified atom stereocenters. The summed E-state index contributed by atoms with van der Waals surface area (Å²) in [6.45, 7) is 4.30. The number of benzene rings is 1. The Balaban J connectivity index is 1.55. The minimum atomic E-state index is 0.102. The lowest BCUT2D eigenvalue weighted by Gasteiger charge is -2.28. The third-order valence-electron chi connectivity index (χ3n) is 5.59. The Bertz CT molecular complexity index is 700. The van der Waals surface area contributed by atoms with Crippen LogP contribution in [0.5, 0.6) is 0 Å². The summed E-state index contributed by atoms with van der Waals surface area (Å²) in [5.74, 6) is 0.740. The van der Waals surface area contributed by atoms with E-state index < -0.39 is 0 Å². The van der Waals surface area contributed by atoms with Gasteiger partial charge in [-0.05, 0) is 49.3 Å². The highest BCUT2D eigenvalue weighted by Crippen LogP contribution is 2.26. The van der Waals surface area contributed by atoms with Crippen LogP contribution in [0.1, 0.15) is 57.1 Å². The Hall–Kier alpha value is -2.16. The standard InChI is InChI=1S/C23H30N2O/c1-3-18-9-12-21(13-10-18)22-14-11-19(16-24-22)15-23(26)25-17(2)20-7-5-4-6-8-20/h9-14,16-17,20H,3-8,15H2,1-2H3,(H,25,26)/t17-/m1/s1. The summed E-state index contributed by atoms with van der Waals surface area (Å²) in [5.41, 5.74) is 4.36. The normalized spacial score (nSPS) is 16.2. The van der Waals surface area contributed by atoms with E-state index in [0.29, 0.717) is 12.3 Å². The molecule has 1 aromatic carbocycles. The molecule has 1 atom stereocenters. The first kappa shape index (κ1) is 18.6. The fraction of sp³-hybridized carbons (Fsp3) is 0.478. The molecule has 0 bridgehead atoms. The van der Waals surface area contributed by atoms with Gasteiger partial charge in [0.05, 0.1) is 12.1 Å². The van der Waals surface area contributed by atoms with Crippen LogP contribution in [-0.4, -0.2) is 16.9 Å². The van der Waals surface area contributed by atoms with Gasteiger partial charge in [0, 0.05) is 17.8 Å². The monoisotopic (exact) mass is 350 g/mol. The Kier molecular flexibility index (Phi) is 6.43. The molecule has 1 N–H and O–H groups in total. The molecular formula is C23H30N2O. The van der Waals surface area contributed by atoms with Crippen LogP contribution in [0, 0.1) is 5.92 Å². The SMILES string of the molecule is CCc1ccc(-c2ccc(CC(=O)N[C@H](C)C3CCCCC3)cn2)cc1. The Labute approximate surface area is 157 Å². The molecule has 1 amide bonds. The van der Waals surface area contributed by atoms with Gasteiger partial charge in [0.1, 0.15) is 0 Å². The van der Waals surface area contributed by atoms with Crippen LogP contribution in [0.2, 0.25) is 0 Å². The number of hydrogen-bond donors (Lipinski definition) is 1. The van der Waals surface area contributed by atoms with Crippen molar-refractivity contribution in [2.75, 3.05) is 0 Å². The maximum atomic E-state index is 12.4. The molecule has 0 aliphatic heterocycles. The van der Waals surface area contributed by atoms with Crippen LogP contribution < -0.4 is 5.32 Å². The molecule has 1 fully saturated rings. The predicted octanol–water partition coefficient (Wildman–Crippen LogP) is 4.94. The first-order valence-corrected chi connectivity index (χ1v) is 9.99. The number of aromatic nitrogens is 1. The quantitative estimate of drug-likeness (QED) is 0.802. The predicted molar refractivity (Wildman–Crippen MR) is 107 cm³/mol. The molecular weight excluding hydrogens is 320 g/mol. The Morgan fingerprint density at radius 3 is 2.38 bits per heavy atom. The van der Waals surface area contributed by atoms with Gasteiger partial charge in [0.2, 0.25) is 5.91 Å². The maximum absolute atomic E-state index is 12.4. The van der Waals surface area contributed by atoms with Gasteiger partial charge < -0.3 is 5.32 Å². The van der Waals surface area contributed by atoms with Crippen LogP contribution >= 0.6 is 0 Å². The summed E-state index contributed by atoms with van der Waals surface area (Å²) in [6.07, 6.45) is 9.71. The van der Waals surface area contributed by atoms with Gasteiger partial charge in [-0.3, -0.25) is 9.78 Å². The summed E-state index contributed by atoms with van der Waals surface area (Å²) < 4.78 is 0. The number of carbonyl (C=O) groups excluding carboxylic acids is 1. The number of hydrogen-bond acceptors (Lipinski definition) is 2. The van der Waals surface area contributed by atoms with E-state index in [-0.39, 0.29) is 11.9 Å². The van der Waals surface area contributed by atoms with Gasteiger partial charge in [-0.15, -0.1) is 0 Å². The molecule has 26 heavy (non-hydrogen) atoms. The number of pyridine rings is 1. The van der Waals surface area contributed by atoms with Gasteiger partial charge in [0.15, 0.2) is 0 Å². The minimum absolute atomic E-state index is 0.102. The minimum Gasteiger partial charge on any atom is -0.353 e. The fourth-order valence-electron chi connectivity index (χ4n) is 3.85. The summed E-state index contributed by atoms with van der Waals surface area (Å²) in [4.78, 5) is 16.9. The van der Waals surface area contributed by atoms with Gasteiger partial charge in [0.25, 0.3) is 0 Å². The summed E-state index contributed by atoms with van der Waals surface area (Å²) in [7, 11) is 0. The van der Waals surface area contributed by atoms with Crippen LogP contribution in [0.4, 0.5) is 0 Å². The fourth-order valence-corrected chi connectivity index (χ4v) is 3.85. The lowest BCUT2D eigenvalue weighted by atomic mass is 9.84. The molecule has 138 valence electrons. The van der Waals surface area contributed by atoms with E-state index in [2.05, 4.69) is 48.4 Å². The molecule has 1 aromatic heterocycles. The topological polar surface area (TPSA) is 42.0 Å². The average Bonchev–Trinajstić information content (AvgIpc) is 2.69. The van der Waals surface area contributed by atoms with Crippen molar-refractivity contribution in [1.29, 1.82) is 0 Å². The van der Waals surface area contributed by atoms with Crippen LogP contribution in [0.15, 0.2) is 42.6 Å². The van der Waals surface area contributed by atoms with Crippen molar-refractivity contribution >= 4 is 5.91 Å². The molecule has 2 aromatic rings. The molecule has 1 saturated carbocycles. The summed E-state index contributed by atoms with van der Waals surface area (Å²) in [5, 5.41) is 3.19. The summed E-state index contributed by atoms with van der Waals surface area (Å²) in [6, 6.07) is 12.8. The smallest absolute Gasteiger partial charge is 0.224 e. The van der Waals surface area contributed by atoms with E-state index in [0.717, 1.165) is 23.2 Å². The van der Waals surface area contributed by atoms with Gasteiger partial charge in [-0.1, -0.05) is 56.5 Å². The third kappa shape index (κ3) is 4.94. The highest BCUT2D eigenvalue weighted by Gasteiger charge is 2.21. The highest BCUT2D eigenvalue weighted by molar-refractivity contribution is 5.78. The molecule has 1 aliphatic carbocycles. The van der Waals surface area contributed by atoms with Crippen LogP contribution in [0.25, 0.3) is 11.3 Å². The molecule has 3 rings (SSSR count). The Morgan fingerprint density at radius 1 is 1.08 bits per heavy atom. The number of nitrogens with one attached hydrogen (secondary N) is 1. The van der Waals surface area contributed by atoms with Crippen molar-refractivity contribution in [2.45, 2.75) is 64.8 Å². The van der Waals surface area contributed by atoms with Gasteiger partial charge in [-0.2, -0.15) is 0 Å². The highest BCUT2D eigenvalue weighted by atomic mass is 16.1.